The molecule has 2 rings (SSSR count). The fourth-order valence-electron chi connectivity index (χ4n) is 1.97. The number of halogens is 2. The van der Waals surface area contributed by atoms with Crippen molar-refractivity contribution in [1.29, 1.82) is 0 Å². The highest BCUT2D eigenvalue weighted by Gasteiger charge is 2.07. The Morgan fingerprint density at radius 3 is 1.48 bits per heavy atom. The van der Waals surface area contributed by atoms with E-state index in [4.69, 9.17) is 53.1 Å². The van der Waals surface area contributed by atoms with E-state index in [1.54, 1.807) is 50.2 Å². The van der Waals surface area contributed by atoms with Gasteiger partial charge in [0.05, 0.1) is 59.3 Å². The number of hydrogen-bond acceptors (Lipinski definition) is 6. The van der Waals surface area contributed by atoms with Crippen LogP contribution < -0.4 is 0 Å². The van der Waals surface area contributed by atoms with Gasteiger partial charge in [-0.3, -0.25) is 0 Å². The number of aliphatic hydroxyl groups is 2. The molecule has 0 radical (unpaired) electrons. The highest BCUT2D eigenvalue weighted by molar-refractivity contribution is 6.33. The number of carbonyl (C=O) groups is 2. The molecule has 0 bridgehead atoms. The van der Waals surface area contributed by atoms with E-state index in [2.05, 4.69) is 0 Å². The van der Waals surface area contributed by atoms with E-state index in [1.807, 2.05) is 6.92 Å². The molecule has 0 fully saturated rings. The Hall–Kier alpha value is -2.20. The minimum Gasteiger partial charge on any atom is -0.478 e. The van der Waals surface area contributed by atoms with Crippen molar-refractivity contribution in [3.05, 3.63) is 69.7 Å². The standard InChI is InChI=1S/C9H20O4.2C7H5ClO2/c1-7(11)5-12-9(3)6-13-8(2)4-10;2*8-6-4-2-1-3-5(6)7(9)10/h7-11H,4-6H2,1-3H3;2*1-4H,(H,9,10). The van der Waals surface area contributed by atoms with E-state index >= 15 is 0 Å². The first-order valence-corrected chi connectivity index (χ1v) is 10.7. The maximum Gasteiger partial charge on any atom is 0.337 e. The van der Waals surface area contributed by atoms with Crippen LogP contribution in [0.1, 0.15) is 41.5 Å². The van der Waals surface area contributed by atoms with E-state index in [-0.39, 0.29) is 40.0 Å². The van der Waals surface area contributed by atoms with Gasteiger partial charge in [-0.05, 0) is 45.0 Å². The molecule has 0 saturated carbocycles. The molecule has 3 unspecified atom stereocenters. The number of carboxylic acids is 2. The number of aliphatic hydroxyl groups excluding tert-OH is 2. The van der Waals surface area contributed by atoms with Crippen molar-refractivity contribution in [2.24, 2.45) is 0 Å². The second-order valence-corrected chi connectivity index (χ2v) is 7.70. The topological polar surface area (TPSA) is 134 Å². The number of hydrogen-bond donors (Lipinski definition) is 4. The molecule has 0 amide bonds. The summed E-state index contributed by atoms with van der Waals surface area (Å²) in [6.45, 7) is 6.10. The smallest absolute Gasteiger partial charge is 0.337 e. The molecule has 0 aliphatic rings. The Labute approximate surface area is 203 Å². The summed E-state index contributed by atoms with van der Waals surface area (Å²) in [5.41, 5.74) is 0.285. The van der Waals surface area contributed by atoms with Crippen LogP contribution >= 0.6 is 23.2 Å². The van der Waals surface area contributed by atoms with E-state index in [9.17, 15) is 9.59 Å². The van der Waals surface area contributed by atoms with Crippen molar-refractivity contribution >= 4 is 35.1 Å². The van der Waals surface area contributed by atoms with Gasteiger partial charge in [0, 0.05) is 0 Å². The normalized spacial score (nSPS) is 12.8. The molecular weight excluding hydrogens is 475 g/mol. The van der Waals surface area contributed by atoms with Gasteiger partial charge >= 0.3 is 11.9 Å². The summed E-state index contributed by atoms with van der Waals surface area (Å²) < 4.78 is 10.5. The molecule has 4 N–H and O–H groups in total. The highest BCUT2D eigenvalue weighted by Crippen LogP contribution is 2.14. The Bertz CT molecular complexity index is 789. The fraction of sp³-hybridized carbons (Fsp3) is 0.391. The number of benzene rings is 2. The summed E-state index contributed by atoms with van der Waals surface area (Å²) in [6, 6.07) is 12.7. The zero-order valence-electron chi connectivity index (χ0n) is 18.6. The second-order valence-electron chi connectivity index (χ2n) is 6.89. The van der Waals surface area contributed by atoms with E-state index < -0.39 is 18.0 Å². The van der Waals surface area contributed by atoms with Gasteiger partial charge in [-0.15, -0.1) is 0 Å². The summed E-state index contributed by atoms with van der Waals surface area (Å²) in [5.74, 6) is -1.99. The third-order valence-corrected chi connectivity index (χ3v) is 4.36. The van der Waals surface area contributed by atoms with Crippen LogP contribution in [-0.4, -0.2) is 70.5 Å². The lowest BCUT2D eigenvalue weighted by molar-refractivity contribution is -0.0620. The minimum absolute atomic E-state index is 0.0170. The van der Waals surface area contributed by atoms with Crippen LogP contribution in [0.15, 0.2) is 48.5 Å². The molecule has 184 valence electrons. The quantitative estimate of drug-likeness (QED) is 0.398. The van der Waals surface area contributed by atoms with Gasteiger partial charge in [-0.1, -0.05) is 47.5 Å². The number of rotatable bonds is 9. The van der Waals surface area contributed by atoms with Gasteiger partial charge in [-0.2, -0.15) is 0 Å². The van der Waals surface area contributed by atoms with Crippen molar-refractivity contribution in [3.8, 4) is 0 Å². The Balaban J connectivity index is 0.000000470. The molecule has 2 aromatic rings. The molecule has 0 heterocycles. The van der Waals surface area contributed by atoms with Crippen molar-refractivity contribution in [1.82, 2.24) is 0 Å². The number of carboxylic acid groups (broad SMARTS) is 2. The molecule has 0 saturated heterocycles. The monoisotopic (exact) mass is 504 g/mol. The van der Waals surface area contributed by atoms with Gasteiger partial charge in [0.2, 0.25) is 0 Å². The number of ether oxygens (including phenoxy) is 2. The van der Waals surface area contributed by atoms with Gasteiger partial charge in [0.25, 0.3) is 0 Å². The zero-order valence-corrected chi connectivity index (χ0v) is 20.2. The van der Waals surface area contributed by atoms with Crippen LogP contribution in [0.5, 0.6) is 0 Å². The predicted octanol–water partition coefficient (Wildman–Crippen LogP) is 4.25. The van der Waals surface area contributed by atoms with Crippen LogP contribution in [0, 0.1) is 0 Å². The van der Waals surface area contributed by atoms with Gasteiger partial charge < -0.3 is 29.9 Å². The molecule has 33 heavy (non-hydrogen) atoms. The fourth-order valence-corrected chi connectivity index (χ4v) is 2.41. The second kappa shape index (κ2) is 17.3. The summed E-state index contributed by atoms with van der Waals surface area (Å²) in [4.78, 5) is 20.7. The van der Waals surface area contributed by atoms with Crippen LogP contribution in [0.25, 0.3) is 0 Å². The van der Waals surface area contributed by atoms with Crippen molar-refractivity contribution in [2.75, 3.05) is 19.8 Å². The summed E-state index contributed by atoms with van der Waals surface area (Å²) in [5, 5.41) is 35.1. The zero-order chi connectivity index (χ0) is 25.4. The molecule has 10 heteroatoms. The average molecular weight is 505 g/mol. The van der Waals surface area contributed by atoms with Crippen molar-refractivity contribution < 1.29 is 39.5 Å². The maximum absolute atomic E-state index is 10.3. The minimum atomic E-state index is -0.995. The first kappa shape index (κ1) is 30.8. The van der Waals surface area contributed by atoms with Gasteiger partial charge in [0.15, 0.2) is 0 Å². The lowest BCUT2D eigenvalue weighted by Crippen LogP contribution is -2.24. The molecule has 0 spiro atoms. The van der Waals surface area contributed by atoms with Crippen LogP contribution in [0.4, 0.5) is 0 Å². The molecule has 8 nitrogen and oxygen atoms in total. The maximum atomic E-state index is 10.3. The molecular formula is C23H30Cl2O8. The van der Waals surface area contributed by atoms with E-state index in [1.165, 1.54) is 12.1 Å². The predicted molar refractivity (Wildman–Crippen MR) is 126 cm³/mol. The number of aromatic carboxylic acids is 2. The first-order valence-electron chi connectivity index (χ1n) is 9.97. The molecule has 0 aliphatic heterocycles. The van der Waals surface area contributed by atoms with E-state index in [0.717, 1.165) is 0 Å². The summed E-state index contributed by atoms with van der Waals surface area (Å²) in [7, 11) is 0. The molecule has 2 aromatic carbocycles. The molecule has 0 aliphatic carbocycles. The van der Waals surface area contributed by atoms with Crippen LogP contribution in [0.2, 0.25) is 10.0 Å². The van der Waals surface area contributed by atoms with Crippen molar-refractivity contribution in [2.45, 2.75) is 39.1 Å². The Morgan fingerprint density at radius 2 is 1.18 bits per heavy atom. The summed E-state index contributed by atoms with van der Waals surface area (Å²) >= 11 is 11.1. The van der Waals surface area contributed by atoms with Crippen LogP contribution in [0.3, 0.4) is 0 Å². The largest absolute Gasteiger partial charge is 0.478 e. The molecule has 3 atom stereocenters. The van der Waals surface area contributed by atoms with Gasteiger partial charge in [-0.25, -0.2) is 9.59 Å². The van der Waals surface area contributed by atoms with Gasteiger partial charge in [0.1, 0.15) is 0 Å². The first-order chi connectivity index (χ1) is 15.5. The highest BCUT2D eigenvalue weighted by atomic mass is 35.5. The SMILES string of the molecule is CC(O)COC(C)COC(C)CO.O=C(O)c1ccccc1Cl.O=C(O)c1ccccc1Cl. The average Bonchev–Trinajstić information content (AvgIpc) is 2.77. The third kappa shape index (κ3) is 14.5. The lowest BCUT2D eigenvalue weighted by atomic mass is 10.2. The van der Waals surface area contributed by atoms with Crippen molar-refractivity contribution in [3.63, 3.8) is 0 Å². The van der Waals surface area contributed by atoms with Crippen LogP contribution in [-0.2, 0) is 9.47 Å². The Morgan fingerprint density at radius 1 is 0.788 bits per heavy atom. The molecule has 0 aromatic heterocycles. The third-order valence-electron chi connectivity index (χ3n) is 3.70. The van der Waals surface area contributed by atoms with E-state index in [0.29, 0.717) is 13.2 Å². The summed E-state index contributed by atoms with van der Waals surface area (Å²) in [6.07, 6.45) is -0.654. The lowest BCUT2D eigenvalue weighted by Gasteiger charge is -2.16. The Kier molecular flexibility index (Phi) is 16.1.